The van der Waals surface area contributed by atoms with E-state index in [-0.39, 0.29) is 18.7 Å². The molecule has 1 rings (SSSR count). The maximum Gasteiger partial charge on any atom is 0.407 e. The van der Waals surface area contributed by atoms with Crippen molar-refractivity contribution in [2.75, 3.05) is 33.0 Å². The lowest BCUT2D eigenvalue weighted by Gasteiger charge is -2.26. The minimum Gasteiger partial charge on any atom is -0.447 e. The fourth-order valence-electron chi connectivity index (χ4n) is 2.09. The molecule has 20 heavy (non-hydrogen) atoms. The summed E-state index contributed by atoms with van der Waals surface area (Å²) in [6, 6.07) is 0.231. The molecule has 5 nitrogen and oxygen atoms in total. The second-order valence-electron chi connectivity index (χ2n) is 5.01. The van der Waals surface area contributed by atoms with Gasteiger partial charge in [0.15, 0.2) is 0 Å². The summed E-state index contributed by atoms with van der Waals surface area (Å²) in [5, 5.41) is 3.36. The number of hydrogen-bond acceptors (Lipinski definition) is 5. The van der Waals surface area contributed by atoms with Crippen molar-refractivity contribution in [3.05, 3.63) is 0 Å². The van der Waals surface area contributed by atoms with Crippen molar-refractivity contribution in [3.8, 4) is 0 Å². The number of carbonyl (C=O) groups is 1. The number of nitrogens with one attached hydrogen (secondary N) is 1. The van der Waals surface area contributed by atoms with Gasteiger partial charge in [0.2, 0.25) is 0 Å². The quantitative estimate of drug-likeness (QED) is 0.507. The first-order valence-corrected chi connectivity index (χ1v) is 8.00. The van der Waals surface area contributed by atoms with Crippen LogP contribution in [0.3, 0.4) is 0 Å². The van der Waals surface area contributed by atoms with Crippen LogP contribution in [0.25, 0.3) is 0 Å². The molecule has 1 saturated carbocycles. The van der Waals surface area contributed by atoms with E-state index in [1.54, 1.807) is 0 Å². The molecule has 0 bridgehead atoms. The molecule has 0 atom stereocenters. The van der Waals surface area contributed by atoms with Crippen LogP contribution in [-0.4, -0.2) is 50.4 Å². The number of ether oxygens (including phenoxy) is 3. The molecular weight excluding hydrogens is 278 g/mol. The first-order chi connectivity index (χ1) is 9.72. The van der Waals surface area contributed by atoms with Crippen molar-refractivity contribution < 1.29 is 19.0 Å². The predicted molar refractivity (Wildman–Crippen MR) is 81.4 cm³/mol. The van der Waals surface area contributed by atoms with Gasteiger partial charge in [-0.25, -0.2) is 4.79 Å². The molecule has 0 aromatic heterocycles. The summed E-state index contributed by atoms with van der Waals surface area (Å²) in [5.74, 6) is 0. The van der Waals surface area contributed by atoms with Gasteiger partial charge in [-0.3, -0.25) is 0 Å². The normalized spacial score (nSPS) is 22.5. The maximum atomic E-state index is 11.5. The van der Waals surface area contributed by atoms with Crippen LogP contribution in [0, 0.1) is 0 Å². The largest absolute Gasteiger partial charge is 0.447 e. The van der Waals surface area contributed by atoms with E-state index in [1.165, 1.54) is 0 Å². The van der Waals surface area contributed by atoms with E-state index < -0.39 is 0 Å². The van der Waals surface area contributed by atoms with Crippen LogP contribution in [-0.2, 0) is 14.2 Å². The molecule has 0 aromatic rings. The molecule has 1 N–H and O–H groups in total. The average Bonchev–Trinajstić information content (AvgIpc) is 2.44. The van der Waals surface area contributed by atoms with Crippen LogP contribution < -0.4 is 5.32 Å². The van der Waals surface area contributed by atoms with Crippen molar-refractivity contribution in [1.82, 2.24) is 5.32 Å². The number of rotatable bonds is 9. The Morgan fingerprint density at radius 1 is 1.05 bits per heavy atom. The maximum absolute atomic E-state index is 11.5. The van der Waals surface area contributed by atoms with Crippen LogP contribution >= 0.6 is 12.6 Å². The summed E-state index contributed by atoms with van der Waals surface area (Å²) >= 11 is 4.43. The Morgan fingerprint density at radius 2 is 1.65 bits per heavy atom. The fourth-order valence-corrected chi connectivity index (χ4v) is 2.39. The zero-order chi connectivity index (χ0) is 14.6. The predicted octanol–water partition coefficient (Wildman–Crippen LogP) is 2.40. The Labute approximate surface area is 127 Å². The lowest BCUT2D eigenvalue weighted by Crippen LogP contribution is -2.38. The van der Waals surface area contributed by atoms with E-state index in [0.29, 0.717) is 25.1 Å². The number of thiol groups is 1. The summed E-state index contributed by atoms with van der Waals surface area (Å²) in [4.78, 5) is 11.5. The molecule has 0 spiro atoms. The molecule has 0 aliphatic heterocycles. The van der Waals surface area contributed by atoms with Gasteiger partial charge in [0.25, 0.3) is 0 Å². The smallest absolute Gasteiger partial charge is 0.407 e. The SMILES string of the molecule is CCCOCCOCCOC(=O)NC1CCC(S)CC1. The molecule has 0 radical (unpaired) electrons. The summed E-state index contributed by atoms with van der Waals surface area (Å²) in [7, 11) is 0. The highest BCUT2D eigenvalue weighted by atomic mass is 32.1. The van der Waals surface area contributed by atoms with E-state index in [2.05, 4.69) is 24.9 Å². The first-order valence-electron chi connectivity index (χ1n) is 7.49. The Bertz CT molecular complexity index is 258. The van der Waals surface area contributed by atoms with Gasteiger partial charge in [-0.15, -0.1) is 0 Å². The van der Waals surface area contributed by atoms with Gasteiger partial charge in [0, 0.05) is 17.9 Å². The average molecular weight is 305 g/mol. The summed E-state index contributed by atoms with van der Waals surface area (Å²) in [6.45, 7) is 4.64. The fraction of sp³-hybridized carbons (Fsp3) is 0.929. The lowest BCUT2D eigenvalue weighted by atomic mass is 9.95. The molecule has 1 aliphatic rings. The van der Waals surface area contributed by atoms with Crippen LogP contribution in [0.1, 0.15) is 39.0 Å². The standard InChI is InChI=1S/C14H27NO4S/c1-2-7-17-8-9-18-10-11-19-14(16)15-12-3-5-13(20)6-4-12/h12-13,20H,2-11H2,1H3,(H,15,16). The van der Waals surface area contributed by atoms with Gasteiger partial charge in [0.1, 0.15) is 6.61 Å². The zero-order valence-electron chi connectivity index (χ0n) is 12.3. The van der Waals surface area contributed by atoms with E-state index in [4.69, 9.17) is 14.2 Å². The van der Waals surface area contributed by atoms with Gasteiger partial charge >= 0.3 is 6.09 Å². The van der Waals surface area contributed by atoms with Crippen molar-refractivity contribution in [2.45, 2.75) is 50.3 Å². The second-order valence-corrected chi connectivity index (χ2v) is 5.74. The molecule has 0 unspecified atom stereocenters. The summed E-state index contributed by atoms with van der Waals surface area (Å²) in [6.07, 6.45) is 4.73. The van der Waals surface area contributed by atoms with Crippen molar-refractivity contribution in [1.29, 1.82) is 0 Å². The highest BCUT2D eigenvalue weighted by Gasteiger charge is 2.20. The van der Waals surface area contributed by atoms with Crippen LogP contribution in [0.2, 0.25) is 0 Å². The highest BCUT2D eigenvalue weighted by molar-refractivity contribution is 7.80. The molecule has 1 aliphatic carbocycles. The minimum atomic E-state index is -0.349. The Morgan fingerprint density at radius 3 is 2.30 bits per heavy atom. The molecule has 0 saturated heterocycles. The molecule has 0 aromatic carbocycles. The van der Waals surface area contributed by atoms with E-state index >= 15 is 0 Å². The molecule has 118 valence electrons. The molecule has 6 heteroatoms. The molecule has 0 heterocycles. The van der Waals surface area contributed by atoms with E-state index in [0.717, 1.165) is 38.7 Å². The van der Waals surface area contributed by atoms with Crippen LogP contribution in [0.15, 0.2) is 0 Å². The van der Waals surface area contributed by atoms with Gasteiger partial charge in [-0.05, 0) is 32.1 Å². The Kier molecular flexibility index (Phi) is 9.87. The minimum absolute atomic E-state index is 0.231. The van der Waals surface area contributed by atoms with Crippen LogP contribution in [0.5, 0.6) is 0 Å². The van der Waals surface area contributed by atoms with Gasteiger partial charge < -0.3 is 19.5 Å². The number of alkyl carbamates (subject to hydrolysis) is 1. The number of hydrogen-bond donors (Lipinski definition) is 2. The Balaban J connectivity index is 1.90. The lowest BCUT2D eigenvalue weighted by molar-refractivity contribution is 0.0277. The van der Waals surface area contributed by atoms with Gasteiger partial charge in [0.05, 0.1) is 19.8 Å². The number of carbonyl (C=O) groups excluding carboxylic acids is 1. The monoisotopic (exact) mass is 305 g/mol. The molecule has 1 fully saturated rings. The number of amides is 1. The van der Waals surface area contributed by atoms with Crippen molar-refractivity contribution >= 4 is 18.7 Å². The zero-order valence-corrected chi connectivity index (χ0v) is 13.2. The summed E-state index contributed by atoms with van der Waals surface area (Å²) in [5.41, 5.74) is 0. The van der Waals surface area contributed by atoms with Crippen molar-refractivity contribution in [2.24, 2.45) is 0 Å². The topological polar surface area (TPSA) is 56.8 Å². The molecular formula is C14H27NO4S. The van der Waals surface area contributed by atoms with Gasteiger partial charge in [-0.1, -0.05) is 6.92 Å². The third-order valence-corrected chi connectivity index (χ3v) is 3.72. The second kappa shape index (κ2) is 11.2. The van der Waals surface area contributed by atoms with Crippen molar-refractivity contribution in [3.63, 3.8) is 0 Å². The Hall–Kier alpha value is -0.460. The molecule has 1 amide bonds. The van der Waals surface area contributed by atoms with Crippen LogP contribution in [0.4, 0.5) is 4.79 Å². The first kappa shape index (κ1) is 17.6. The highest BCUT2D eigenvalue weighted by Crippen LogP contribution is 2.22. The third kappa shape index (κ3) is 8.66. The van der Waals surface area contributed by atoms with E-state index in [9.17, 15) is 4.79 Å². The summed E-state index contributed by atoms with van der Waals surface area (Å²) < 4.78 is 15.6. The van der Waals surface area contributed by atoms with Gasteiger partial charge in [-0.2, -0.15) is 12.6 Å². The van der Waals surface area contributed by atoms with E-state index in [1.807, 2.05) is 0 Å². The third-order valence-electron chi connectivity index (χ3n) is 3.20.